The summed E-state index contributed by atoms with van der Waals surface area (Å²) in [4.78, 5) is 0.669. The van der Waals surface area contributed by atoms with Crippen LogP contribution in [0, 0.1) is 17.7 Å². The van der Waals surface area contributed by atoms with Gasteiger partial charge in [0, 0.05) is 4.83 Å². The largest absolute Gasteiger partial charge is 0.207 e. The van der Waals surface area contributed by atoms with Gasteiger partial charge >= 0.3 is 0 Å². The van der Waals surface area contributed by atoms with Gasteiger partial charge in [-0.05, 0) is 48.8 Å². The highest BCUT2D eigenvalue weighted by molar-refractivity contribution is 9.09. The van der Waals surface area contributed by atoms with Crippen LogP contribution in [0.4, 0.5) is 4.39 Å². The molecule has 2 rings (SSSR count). The minimum Gasteiger partial charge on any atom is -0.207 e. The lowest BCUT2D eigenvalue weighted by Crippen LogP contribution is -2.12. The molecule has 0 saturated heterocycles. The van der Waals surface area contributed by atoms with Gasteiger partial charge in [-0.25, -0.2) is 4.39 Å². The van der Waals surface area contributed by atoms with Gasteiger partial charge in [-0.3, -0.25) is 0 Å². The van der Waals surface area contributed by atoms with E-state index in [2.05, 4.69) is 22.9 Å². The molecule has 0 N–H and O–H groups in total. The molecule has 3 atom stereocenters. The molecule has 0 aliphatic heterocycles. The van der Waals surface area contributed by atoms with Crippen LogP contribution in [0.25, 0.3) is 0 Å². The van der Waals surface area contributed by atoms with Crippen LogP contribution in [0.5, 0.6) is 0 Å². The lowest BCUT2D eigenvalue weighted by atomic mass is 9.91. The first kappa shape index (κ1) is 11.1. The molecule has 1 aliphatic carbocycles. The quantitative estimate of drug-likeness (QED) is 0.708. The number of benzene rings is 1. The summed E-state index contributed by atoms with van der Waals surface area (Å²) in [5.41, 5.74) is 1.26. The number of hydrogen-bond donors (Lipinski definition) is 0. The second-order valence-electron chi connectivity index (χ2n) is 4.54. The predicted octanol–water partition coefficient (Wildman–Crippen LogP) is 4.18. The van der Waals surface area contributed by atoms with Gasteiger partial charge in [0.05, 0.1) is 0 Å². The summed E-state index contributed by atoms with van der Waals surface area (Å²) in [6.07, 6.45) is 3.64. The minimum atomic E-state index is -0.142. The number of halogens is 2. The van der Waals surface area contributed by atoms with E-state index < -0.39 is 0 Å². The maximum Gasteiger partial charge on any atom is 0.123 e. The second-order valence-corrected chi connectivity index (χ2v) is 5.72. The van der Waals surface area contributed by atoms with E-state index in [9.17, 15) is 4.39 Å². The Kier molecular flexibility index (Phi) is 3.45. The molecule has 0 amide bonds. The summed E-state index contributed by atoms with van der Waals surface area (Å²) >= 11 is 3.71. The van der Waals surface area contributed by atoms with E-state index in [1.54, 1.807) is 12.1 Å². The maximum atomic E-state index is 12.7. The molecule has 82 valence electrons. The van der Waals surface area contributed by atoms with Crippen molar-refractivity contribution in [3.05, 3.63) is 35.6 Å². The van der Waals surface area contributed by atoms with Crippen LogP contribution in [-0.4, -0.2) is 4.83 Å². The Morgan fingerprint density at radius 3 is 2.47 bits per heavy atom. The van der Waals surface area contributed by atoms with E-state index in [0.29, 0.717) is 4.83 Å². The van der Waals surface area contributed by atoms with Gasteiger partial charge < -0.3 is 0 Å². The van der Waals surface area contributed by atoms with Crippen molar-refractivity contribution < 1.29 is 4.39 Å². The Bertz CT molecular complexity index is 320. The van der Waals surface area contributed by atoms with Crippen molar-refractivity contribution in [2.45, 2.75) is 31.0 Å². The van der Waals surface area contributed by atoms with Gasteiger partial charge in [0.2, 0.25) is 0 Å². The Balaban J connectivity index is 2.00. The molecule has 1 aliphatic rings. The summed E-state index contributed by atoms with van der Waals surface area (Å²) in [5.74, 6) is 1.34. The Labute approximate surface area is 99.0 Å². The van der Waals surface area contributed by atoms with E-state index in [4.69, 9.17) is 0 Å². The van der Waals surface area contributed by atoms with Crippen molar-refractivity contribution in [1.29, 1.82) is 0 Å². The van der Waals surface area contributed by atoms with Crippen LogP contribution in [0.3, 0.4) is 0 Å². The van der Waals surface area contributed by atoms with Crippen LogP contribution in [0.1, 0.15) is 25.3 Å². The molecule has 2 heteroatoms. The van der Waals surface area contributed by atoms with Crippen LogP contribution in [0.15, 0.2) is 24.3 Å². The molecule has 1 fully saturated rings. The SMILES string of the molecule is CC1C(Br)CCC1Cc1ccc(F)cc1. The zero-order valence-electron chi connectivity index (χ0n) is 8.92. The molecular weight excluding hydrogens is 255 g/mol. The molecule has 0 heterocycles. The van der Waals surface area contributed by atoms with E-state index in [1.807, 2.05) is 12.1 Å². The third kappa shape index (κ3) is 2.60. The summed E-state index contributed by atoms with van der Waals surface area (Å²) in [7, 11) is 0. The van der Waals surface area contributed by atoms with Gasteiger partial charge in [0.1, 0.15) is 5.82 Å². The monoisotopic (exact) mass is 270 g/mol. The van der Waals surface area contributed by atoms with Gasteiger partial charge in [-0.15, -0.1) is 0 Å². The molecule has 1 saturated carbocycles. The molecule has 0 nitrogen and oxygen atoms in total. The molecule has 1 aromatic rings. The molecule has 0 spiro atoms. The van der Waals surface area contributed by atoms with Crippen molar-refractivity contribution >= 4 is 15.9 Å². The summed E-state index contributed by atoms with van der Waals surface area (Å²) < 4.78 is 12.7. The zero-order valence-corrected chi connectivity index (χ0v) is 10.5. The zero-order chi connectivity index (χ0) is 10.8. The van der Waals surface area contributed by atoms with Gasteiger partial charge in [-0.1, -0.05) is 35.0 Å². The van der Waals surface area contributed by atoms with Gasteiger partial charge in [-0.2, -0.15) is 0 Å². The van der Waals surface area contributed by atoms with Crippen molar-refractivity contribution in [2.24, 2.45) is 11.8 Å². The van der Waals surface area contributed by atoms with Gasteiger partial charge in [0.15, 0.2) is 0 Å². The maximum absolute atomic E-state index is 12.7. The van der Waals surface area contributed by atoms with E-state index in [-0.39, 0.29) is 5.82 Å². The third-order valence-corrected chi connectivity index (χ3v) is 4.83. The second kappa shape index (κ2) is 4.65. The highest BCUT2D eigenvalue weighted by atomic mass is 79.9. The number of alkyl halides is 1. The lowest BCUT2D eigenvalue weighted by molar-refractivity contribution is 0.423. The van der Waals surface area contributed by atoms with Crippen LogP contribution in [-0.2, 0) is 6.42 Å². The normalized spacial score (nSPS) is 30.7. The van der Waals surface area contributed by atoms with Crippen molar-refractivity contribution in [2.75, 3.05) is 0 Å². The summed E-state index contributed by atoms with van der Waals surface area (Å²) in [5, 5.41) is 0. The third-order valence-electron chi connectivity index (χ3n) is 3.54. The van der Waals surface area contributed by atoms with Crippen LogP contribution < -0.4 is 0 Å². The Morgan fingerprint density at radius 2 is 1.93 bits per heavy atom. The first-order valence-corrected chi connectivity index (χ1v) is 6.47. The fraction of sp³-hybridized carbons (Fsp3) is 0.538. The summed E-state index contributed by atoms with van der Waals surface area (Å²) in [6.45, 7) is 2.31. The average Bonchev–Trinajstić information content (AvgIpc) is 2.53. The average molecular weight is 271 g/mol. The van der Waals surface area contributed by atoms with Crippen LogP contribution >= 0.6 is 15.9 Å². The first-order valence-electron chi connectivity index (χ1n) is 5.55. The van der Waals surface area contributed by atoms with Crippen molar-refractivity contribution in [1.82, 2.24) is 0 Å². The van der Waals surface area contributed by atoms with E-state index in [1.165, 1.54) is 18.4 Å². The minimum absolute atomic E-state index is 0.142. The molecule has 0 bridgehead atoms. The smallest absolute Gasteiger partial charge is 0.123 e. The first-order chi connectivity index (χ1) is 7.16. The lowest BCUT2D eigenvalue weighted by Gasteiger charge is -2.17. The standard InChI is InChI=1S/C13H16BrF/c1-9-11(4-7-13(9)14)8-10-2-5-12(15)6-3-10/h2-3,5-6,9,11,13H,4,7-8H2,1H3. The Hall–Kier alpha value is -0.370. The molecule has 15 heavy (non-hydrogen) atoms. The molecule has 0 aromatic heterocycles. The molecule has 0 radical (unpaired) electrons. The topological polar surface area (TPSA) is 0 Å². The highest BCUT2D eigenvalue weighted by Gasteiger charge is 2.30. The predicted molar refractivity (Wildman–Crippen MR) is 64.7 cm³/mol. The fourth-order valence-electron chi connectivity index (χ4n) is 2.41. The van der Waals surface area contributed by atoms with Gasteiger partial charge in [0.25, 0.3) is 0 Å². The van der Waals surface area contributed by atoms with E-state index in [0.717, 1.165) is 18.3 Å². The fourth-order valence-corrected chi connectivity index (χ4v) is 3.10. The van der Waals surface area contributed by atoms with Crippen LogP contribution in [0.2, 0.25) is 0 Å². The number of hydrogen-bond acceptors (Lipinski definition) is 0. The van der Waals surface area contributed by atoms with Crippen molar-refractivity contribution in [3.63, 3.8) is 0 Å². The van der Waals surface area contributed by atoms with Crippen molar-refractivity contribution in [3.8, 4) is 0 Å². The molecular formula is C13H16BrF. The highest BCUT2D eigenvalue weighted by Crippen LogP contribution is 2.38. The number of rotatable bonds is 2. The van der Waals surface area contributed by atoms with E-state index >= 15 is 0 Å². The Morgan fingerprint density at radius 1 is 1.27 bits per heavy atom. The summed E-state index contributed by atoms with van der Waals surface area (Å²) in [6, 6.07) is 6.92. The molecule has 1 aromatic carbocycles. The molecule has 3 unspecified atom stereocenters.